The second-order valence-electron chi connectivity index (χ2n) is 5.69. The minimum Gasteiger partial charge on any atom is -0.295 e. The molecule has 0 radical (unpaired) electrons. The molecular formula is C19H20O2S. The van der Waals surface area contributed by atoms with Gasteiger partial charge in [0.25, 0.3) is 0 Å². The van der Waals surface area contributed by atoms with Gasteiger partial charge in [0, 0.05) is 27.3 Å². The lowest BCUT2D eigenvalue weighted by Crippen LogP contribution is -2.02. The highest BCUT2D eigenvalue weighted by Crippen LogP contribution is 2.22. The van der Waals surface area contributed by atoms with Crippen molar-refractivity contribution < 1.29 is 9.59 Å². The number of hydrogen-bond donors (Lipinski definition) is 0. The van der Waals surface area contributed by atoms with Crippen molar-refractivity contribution in [1.29, 1.82) is 0 Å². The predicted octanol–water partition coefficient (Wildman–Crippen LogP) is 4.87. The zero-order valence-corrected chi connectivity index (χ0v) is 13.9. The van der Waals surface area contributed by atoms with Gasteiger partial charge in [-0.05, 0) is 37.1 Å². The van der Waals surface area contributed by atoms with Crippen molar-refractivity contribution in [1.82, 2.24) is 0 Å². The van der Waals surface area contributed by atoms with Crippen LogP contribution in [0.2, 0.25) is 0 Å². The molecule has 0 atom stereocenters. The van der Waals surface area contributed by atoms with Gasteiger partial charge in [-0.2, -0.15) is 0 Å². The van der Waals surface area contributed by atoms with Crippen LogP contribution in [0.3, 0.4) is 0 Å². The van der Waals surface area contributed by atoms with Crippen LogP contribution < -0.4 is 0 Å². The summed E-state index contributed by atoms with van der Waals surface area (Å²) in [7, 11) is 0. The lowest BCUT2D eigenvalue weighted by molar-refractivity contribution is 0.101. The van der Waals surface area contributed by atoms with Gasteiger partial charge < -0.3 is 0 Å². The first-order chi connectivity index (χ1) is 10.5. The molecule has 0 amide bonds. The van der Waals surface area contributed by atoms with Crippen molar-refractivity contribution in [3.05, 3.63) is 65.2 Å². The Morgan fingerprint density at radius 2 is 1.32 bits per heavy atom. The molecule has 0 aliphatic heterocycles. The molecule has 0 aliphatic carbocycles. The number of hydrogen-bond acceptors (Lipinski definition) is 3. The highest BCUT2D eigenvalue weighted by Gasteiger charge is 2.10. The molecule has 0 saturated heterocycles. The molecule has 0 fully saturated rings. The fourth-order valence-corrected chi connectivity index (χ4v) is 2.84. The molecular weight excluding hydrogens is 292 g/mol. The molecule has 22 heavy (non-hydrogen) atoms. The second kappa shape index (κ2) is 7.41. The summed E-state index contributed by atoms with van der Waals surface area (Å²) in [5, 5.41) is 0. The SMILES string of the molecule is CC(=O)c1ccc(C(=O)c2ccc(SCC(C)C)cc2)cc1. The lowest BCUT2D eigenvalue weighted by atomic mass is 10.0. The van der Waals surface area contributed by atoms with E-state index < -0.39 is 0 Å². The largest absolute Gasteiger partial charge is 0.295 e. The third-order valence-electron chi connectivity index (χ3n) is 3.25. The van der Waals surface area contributed by atoms with E-state index in [9.17, 15) is 9.59 Å². The highest BCUT2D eigenvalue weighted by molar-refractivity contribution is 7.99. The quantitative estimate of drug-likeness (QED) is 0.564. The van der Waals surface area contributed by atoms with Crippen LogP contribution in [0.1, 0.15) is 47.1 Å². The number of rotatable bonds is 6. The van der Waals surface area contributed by atoms with Gasteiger partial charge in [0.15, 0.2) is 11.6 Å². The molecule has 0 spiro atoms. The summed E-state index contributed by atoms with van der Waals surface area (Å²) in [6.07, 6.45) is 0. The zero-order valence-electron chi connectivity index (χ0n) is 13.1. The van der Waals surface area contributed by atoms with Crippen molar-refractivity contribution in [3.63, 3.8) is 0 Å². The highest BCUT2D eigenvalue weighted by atomic mass is 32.2. The smallest absolute Gasteiger partial charge is 0.193 e. The van der Waals surface area contributed by atoms with Crippen LogP contribution in [0, 0.1) is 5.92 Å². The van der Waals surface area contributed by atoms with Crippen LogP contribution in [-0.2, 0) is 0 Å². The number of carbonyl (C=O) groups excluding carboxylic acids is 2. The predicted molar refractivity (Wildman–Crippen MR) is 91.9 cm³/mol. The first-order valence-corrected chi connectivity index (χ1v) is 8.34. The monoisotopic (exact) mass is 312 g/mol. The summed E-state index contributed by atoms with van der Waals surface area (Å²) in [5.74, 6) is 1.70. The molecule has 0 N–H and O–H groups in total. The summed E-state index contributed by atoms with van der Waals surface area (Å²) >= 11 is 1.80. The topological polar surface area (TPSA) is 34.1 Å². The van der Waals surface area contributed by atoms with E-state index in [1.807, 2.05) is 24.3 Å². The van der Waals surface area contributed by atoms with Gasteiger partial charge >= 0.3 is 0 Å². The summed E-state index contributed by atoms with van der Waals surface area (Å²) in [5.41, 5.74) is 1.90. The van der Waals surface area contributed by atoms with Gasteiger partial charge in [0.2, 0.25) is 0 Å². The third-order valence-corrected chi connectivity index (χ3v) is 4.69. The van der Waals surface area contributed by atoms with E-state index in [0.717, 1.165) is 5.75 Å². The summed E-state index contributed by atoms with van der Waals surface area (Å²) in [6, 6.07) is 14.5. The van der Waals surface area contributed by atoms with E-state index in [2.05, 4.69) is 13.8 Å². The van der Waals surface area contributed by atoms with Gasteiger partial charge in [-0.1, -0.05) is 38.1 Å². The maximum absolute atomic E-state index is 12.4. The second-order valence-corrected chi connectivity index (χ2v) is 6.79. The van der Waals surface area contributed by atoms with Crippen LogP contribution >= 0.6 is 11.8 Å². The Morgan fingerprint density at radius 3 is 1.77 bits per heavy atom. The summed E-state index contributed by atoms with van der Waals surface area (Å²) in [4.78, 5) is 24.8. The lowest BCUT2D eigenvalue weighted by Gasteiger charge is -2.06. The summed E-state index contributed by atoms with van der Waals surface area (Å²) in [6.45, 7) is 5.90. The van der Waals surface area contributed by atoms with Gasteiger partial charge in [0.1, 0.15) is 0 Å². The van der Waals surface area contributed by atoms with Crippen LogP contribution in [0.25, 0.3) is 0 Å². The maximum Gasteiger partial charge on any atom is 0.193 e. The van der Waals surface area contributed by atoms with Crippen LogP contribution in [-0.4, -0.2) is 17.3 Å². The molecule has 0 aromatic heterocycles. The van der Waals surface area contributed by atoms with E-state index in [-0.39, 0.29) is 11.6 Å². The average Bonchev–Trinajstić information content (AvgIpc) is 2.53. The standard InChI is InChI=1S/C19H20O2S/c1-13(2)12-22-18-10-8-17(9-11-18)19(21)16-6-4-15(5-7-16)14(3)20/h4-11,13H,12H2,1-3H3. The van der Waals surface area contributed by atoms with Crippen molar-refractivity contribution in [2.24, 2.45) is 5.92 Å². The molecule has 0 heterocycles. The van der Waals surface area contributed by atoms with Crippen molar-refractivity contribution in [2.45, 2.75) is 25.7 Å². The van der Waals surface area contributed by atoms with E-state index in [4.69, 9.17) is 0 Å². The fourth-order valence-electron chi connectivity index (χ4n) is 1.99. The fraction of sp³-hybridized carbons (Fsp3) is 0.263. The molecule has 0 unspecified atom stereocenters. The van der Waals surface area contributed by atoms with Gasteiger partial charge in [-0.25, -0.2) is 0 Å². The molecule has 114 valence electrons. The van der Waals surface area contributed by atoms with Crippen LogP contribution in [0.5, 0.6) is 0 Å². The van der Waals surface area contributed by atoms with Gasteiger partial charge in [0.05, 0.1) is 0 Å². The molecule has 2 aromatic rings. The first kappa shape index (κ1) is 16.5. The van der Waals surface area contributed by atoms with Crippen molar-refractivity contribution >= 4 is 23.3 Å². The molecule has 2 rings (SSSR count). The van der Waals surface area contributed by atoms with Crippen LogP contribution in [0.4, 0.5) is 0 Å². The Morgan fingerprint density at radius 1 is 0.864 bits per heavy atom. The number of thioether (sulfide) groups is 1. The molecule has 2 aromatic carbocycles. The third kappa shape index (κ3) is 4.31. The number of Topliss-reactive ketones (excluding diaryl/α,β-unsaturated/α-hetero) is 1. The van der Waals surface area contributed by atoms with E-state index in [0.29, 0.717) is 22.6 Å². The Bertz CT molecular complexity index is 655. The molecule has 2 nitrogen and oxygen atoms in total. The minimum atomic E-state index is -0.0180. The molecule has 0 bridgehead atoms. The first-order valence-electron chi connectivity index (χ1n) is 7.36. The van der Waals surface area contributed by atoms with E-state index >= 15 is 0 Å². The molecule has 0 saturated carbocycles. The molecule has 0 aliphatic rings. The van der Waals surface area contributed by atoms with E-state index in [1.165, 1.54) is 11.8 Å². The van der Waals surface area contributed by atoms with Gasteiger partial charge in [-0.15, -0.1) is 11.8 Å². The zero-order chi connectivity index (χ0) is 16.1. The number of carbonyl (C=O) groups is 2. The maximum atomic E-state index is 12.4. The Hall–Kier alpha value is -1.87. The van der Waals surface area contributed by atoms with Crippen molar-refractivity contribution in [3.8, 4) is 0 Å². The minimum absolute atomic E-state index is 0.00512. The number of ketones is 2. The summed E-state index contributed by atoms with van der Waals surface area (Å²) < 4.78 is 0. The Labute approximate surface area is 135 Å². The number of benzene rings is 2. The molecule has 3 heteroatoms. The normalized spacial score (nSPS) is 10.7. The van der Waals surface area contributed by atoms with E-state index in [1.54, 1.807) is 36.0 Å². The Balaban J connectivity index is 2.10. The Kier molecular flexibility index (Phi) is 5.56. The average molecular weight is 312 g/mol. The van der Waals surface area contributed by atoms with Crippen molar-refractivity contribution in [2.75, 3.05) is 5.75 Å². The van der Waals surface area contributed by atoms with Crippen LogP contribution in [0.15, 0.2) is 53.4 Å². The van der Waals surface area contributed by atoms with Gasteiger partial charge in [-0.3, -0.25) is 9.59 Å².